The fourth-order valence-electron chi connectivity index (χ4n) is 3.88. The molecular weight excluding hydrogens is 442 g/mol. The normalized spacial score (nSPS) is 11.0. The number of rotatable bonds is 8. The molecule has 5 aromatic rings. The standard InChI is InChI=1S/C27H25N5OS/c1-2-31(19-21-13-7-4-8-14-21)26(33)24-22-15-9-10-16-32(22)25(30-24)23-18-29-27(34-23)28-17-20-11-5-3-6-12-20/h3-16,18H,2,17,19H2,1H3,(H,28,29). The molecule has 0 bridgehead atoms. The smallest absolute Gasteiger partial charge is 0.275 e. The van der Waals surface area contributed by atoms with E-state index in [2.05, 4.69) is 22.4 Å². The number of benzene rings is 2. The number of amides is 1. The van der Waals surface area contributed by atoms with Gasteiger partial charge in [0.2, 0.25) is 0 Å². The zero-order chi connectivity index (χ0) is 23.3. The number of hydrogen-bond donors (Lipinski definition) is 1. The van der Waals surface area contributed by atoms with Crippen LogP contribution in [0.2, 0.25) is 0 Å². The van der Waals surface area contributed by atoms with Crippen LogP contribution < -0.4 is 5.32 Å². The molecule has 0 aliphatic carbocycles. The molecule has 6 nitrogen and oxygen atoms in total. The van der Waals surface area contributed by atoms with Gasteiger partial charge in [0.1, 0.15) is 0 Å². The summed E-state index contributed by atoms with van der Waals surface area (Å²) in [4.78, 5) is 25.6. The van der Waals surface area contributed by atoms with Gasteiger partial charge in [-0.25, -0.2) is 9.97 Å². The van der Waals surface area contributed by atoms with Crippen LogP contribution in [0.4, 0.5) is 5.13 Å². The van der Waals surface area contributed by atoms with Gasteiger partial charge in [0.25, 0.3) is 5.91 Å². The van der Waals surface area contributed by atoms with Gasteiger partial charge in [0, 0.05) is 25.8 Å². The monoisotopic (exact) mass is 467 g/mol. The number of fused-ring (bicyclic) bond motifs is 1. The summed E-state index contributed by atoms with van der Waals surface area (Å²) in [5, 5.41) is 4.20. The molecule has 34 heavy (non-hydrogen) atoms. The number of carbonyl (C=O) groups excluding carboxylic acids is 1. The van der Waals surface area contributed by atoms with Crippen molar-refractivity contribution < 1.29 is 4.79 Å². The highest BCUT2D eigenvalue weighted by Gasteiger charge is 2.23. The van der Waals surface area contributed by atoms with Crippen LogP contribution in [0.1, 0.15) is 28.5 Å². The maximum Gasteiger partial charge on any atom is 0.275 e. The number of anilines is 1. The van der Waals surface area contributed by atoms with Gasteiger partial charge in [0.15, 0.2) is 16.6 Å². The molecule has 0 fully saturated rings. The van der Waals surface area contributed by atoms with E-state index in [9.17, 15) is 4.79 Å². The number of hydrogen-bond acceptors (Lipinski definition) is 5. The van der Waals surface area contributed by atoms with Crippen molar-refractivity contribution in [1.82, 2.24) is 19.3 Å². The first-order chi connectivity index (χ1) is 16.7. The molecule has 0 unspecified atom stereocenters. The van der Waals surface area contributed by atoms with Crippen LogP contribution in [0.15, 0.2) is 91.3 Å². The second-order valence-electron chi connectivity index (χ2n) is 7.91. The molecule has 2 aromatic carbocycles. The highest BCUT2D eigenvalue weighted by molar-refractivity contribution is 7.18. The zero-order valence-corrected chi connectivity index (χ0v) is 19.7. The third-order valence-corrected chi connectivity index (χ3v) is 6.60. The second kappa shape index (κ2) is 9.89. The number of aromatic nitrogens is 3. The first-order valence-electron chi connectivity index (χ1n) is 11.3. The van der Waals surface area contributed by atoms with Crippen molar-refractivity contribution in [3.8, 4) is 10.7 Å². The van der Waals surface area contributed by atoms with Crippen LogP contribution in [0.3, 0.4) is 0 Å². The van der Waals surface area contributed by atoms with Crippen molar-refractivity contribution in [2.24, 2.45) is 0 Å². The van der Waals surface area contributed by atoms with Crippen molar-refractivity contribution >= 4 is 27.9 Å². The molecule has 3 heterocycles. The summed E-state index contributed by atoms with van der Waals surface area (Å²) in [5.74, 6) is 0.646. The Kier molecular flexibility index (Phi) is 6.35. The fraction of sp³-hybridized carbons (Fsp3) is 0.148. The lowest BCUT2D eigenvalue weighted by Gasteiger charge is -2.20. The number of nitrogens with one attached hydrogen (secondary N) is 1. The summed E-state index contributed by atoms with van der Waals surface area (Å²) in [6, 6.07) is 26.1. The Morgan fingerprint density at radius 3 is 2.41 bits per heavy atom. The Bertz CT molecular complexity index is 1390. The molecule has 0 aliphatic heterocycles. The number of carbonyl (C=O) groups is 1. The Labute approximate surface area is 202 Å². The SMILES string of the molecule is CCN(Cc1ccccc1)C(=O)c1nc(-c2cnc(NCc3ccccc3)s2)n2ccccc12. The summed E-state index contributed by atoms with van der Waals surface area (Å²) in [7, 11) is 0. The third kappa shape index (κ3) is 4.56. The highest BCUT2D eigenvalue weighted by atomic mass is 32.1. The van der Waals surface area contributed by atoms with Gasteiger partial charge in [0.05, 0.1) is 16.6 Å². The molecule has 170 valence electrons. The van der Waals surface area contributed by atoms with E-state index in [-0.39, 0.29) is 5.91 Å². The predicted molar refractivity (Wildman–Crippen MR) is 137 cm³/mol. The average Bonchev–Trinajstić information content (AvgIpc) is 3.52. The van der Waals surface area contributed by atoms with Crippen LogP contribution >= 0.6 is 11.3 Å². The largest absolute Gasteiger partial charge is 0.357 e. The van der Waals surface area contributed by atoms with Crippen molar-refractivity contribution in [2.45, 2.75) is 20.0 Å². The highest BCUT2D eigenvalue weighted by Crippen LogP contribution is 2.31. The summed E-state index contributed by atoms with van der Waals surface area (Å²) in [6.07, 6.45) is 3.76. The van der Waals surface area contributed by atoms with E-state index in [4.69, 9.17) is 4.98 Å². The molecule has 3 aromatic heterocycles. The summed E-state index contributed by atoms with van der Waals surface area (Å²) in [6.45, 7) is 3.84. The van der Waals surface area contributed by atoms with Gasteiger partial charge in [-0.05, 0) is 30.2 Å². The van der Waals surface area contributed by atoms with Gasteiger partial charge in [-0.15, -0.1) is 0 Å². The van der Waals surface area contributed by atoms with Crippen molar-refractivity contribution in [1.29, 1.82) is 0 Å². The third-order valence-electron chi connectivity index (χ3n) is 5.65. The fourth-order valence-corrected chi connectivity index (χ4v) is 4.68. The van der Waals surface area contributed by atoms with Gasteiger partial charge in [-0.2, -0.15) is 0 Å². The number of imidazole rings is 1. The molecule has 0 radical (unpaired) electrons. The van der Waals surface area contributed by atoms with E-state index in [0.717, 1.165) is 26.9 Å². The molecule has 0 aliphatic rings. The minimum absolute atomic E-state index is 0.0757. The number of nitrogens with zero attached hydrogens (tertiary/aromatic N) is 4. The van der Waals surface area contributed by atoms with Crippen molar-refractivity contribution in [2.75, 3.05) is 11.9 Å². The quantitative estimate of drug-likeness (QED) is 0.316. The molecule has 0 spiro atoms. The van der Waals surface area contributed by atoms with Crippen LogP contribution in [0, 0.1) is 0 Å². The summed E-state index contributed by atoms with van der Waals surface area (Å²) in [5.41, 5.74) is 3.54. The summed E-state index contributed by atoms with van der Waals surface area (Å²) >= 11 is 1.53. The molecule has 1 amide bonds. The zero-order valence-electron chi connectivity index (χ0n) is 18.9. The Balaban J connectivity index is 1.43. The second-order valence-corrected chi connectivity index (χ2v) is 8.94. The van der Waals surface area contributed by atoms with E-state index in [1.807, 2.05) is 95.3 Å². The van der Waals surface area contributed by atoms with Crippen LogP contribution in [0.5, 0.6) is 0 Å². The molecule has 0 atom stereocenters. The number of thiazole rings is 1. The minimum atomic E-state index is -0.0757. The van der Waals surface area contributed by atoms with Gasteiger partial charge in [-0.1, -0.05) is 78.1 Å². The predicted octanol–water partition coefficient (Wildman–Crippen LogP) is 5.73. The topological polar surface area (TPSA) is 62.5 Å². The van der Waals surface area contributed by atoms with Crippen LogP contribution in [0.25, 0.3) is 16.2 Å². The van der Waals surface area contributed by atoms with Gasteiger partial charge < -0.3 is 10.2 Å². The molecule has 0 saturated carbocycles. The minimum Gasteiger partial charge on any atom is -0.357 e. The Morgan fingerprint density at radius 1 is 0.971 bits per heavy atom. The van der Waals surface area contributed by atoms with Crippen molar-refractivity contribution in [3.63, 3.8) is 0 Å². The lowest BCUT2D eigenvalue weighted by Crippen LogP contribution is -2.30. The summed E-state index contributed by atoms with van der Waals surface area (Å²) < 4.78 is 1.97. The lowest BCUT2D eigenvalue weighted by molar-refractivity contribution is 0.0749. The first-order valence-corrected chi connectivity index (χ1v) is 12.1. The van der Waals surface area contributed by atoms with Gasteiger partial charge >= 0.3 is 0 Å². The van der Waals surface area contributed by atoms with E-state index in [1.165, 1.54) is 16.9 Å². The van der Waals surface area contributed by atoms with Crippen molar-refractivity contribution in [3.05, 3.63) is 108 Å². The average molecular weight is 468 g/mol. The van der Waals surface area contributed by atoms with Gasteiger partial charge in [-0.3, -0.25) is 9.20 Å². The maximum atomic E-state index is 13.5. The Morgan fingerprint density at radius 2 is 1.68 bits per heavy atom. The molecule has 7 heteroatoms. The van der Waals surface area contributed by atoms with Crippen LogP contribution in [-0.4, -0.2) is 31.7 Å². The Hall–Kier alpha value is -3.97. The van der Waals surface area contributed by atoms with Crippen LogP contribution in [-0.2, 0) is 13.1 Å². The number of pyridine rings is 1. The van der Waals surface area contributed by atoms with E-state index >= 15 is 0 Å². The molecule has 5 rings (SSSR count). The maximum absolute atomic E-state index is 13.5. The van der Waals surface area contributed by atoms with E-state index in [0.29, 0.717) is 25.3 Å². The lowest BCUT2D eigenvalue weighted by atomic mass is 10.2. The molecule has 0 saturated heterocycles. The molecular formula is C27H25N5OS. The van der Waals surface area contributed by atoms with E-state index in [1.54, 1.807) is 0 Å². The first kappa shape index (κ1) is 21.9. The molecule has 1 N–H and O–H groups in total. The van der Waals surface area contributed by atoms with E-state index < -0.39 is 0 Å².